The van der Waals surface area contributed by atoms with Crippen molar-refractivity contribution in [2.24, 2.45) is 0 Å². The van der Waals surface area contributed by atoms with Crippen molar-refractivity contribution in [3.8, 4) is 5.75 Å². The third-order valence-electron chi connectivity index (χ3n) is 1.59. The van der Waals surface area contributed by atoms with Crippen LogP contribution in [0.15, 0.2) is 0 Å². The summed E-state index contributed by atoms with van der Waals surface area (Å²) in [5.41, 5.74) is -0.558. The Bertz CT molecular complexity index is 371. The highest BCUT2D eigenvalue weighted by molar-refractivity contribution is 6.50. The van der Waals surface area contributed by atoms with E-state index in [0.29, 0.717) is 0 Å². The summed E-state index contributed by atoms with van der Waals surface area (Å²) >= 11 is 5.49. The third-order valence-corrected chi connectivity index (χ3v) is 1.85. The van der Waals surface area contributed by atoms with Crippen molar-refractivity contribution in [1.82, 2.24) is 4.98 Å². The number of hydrogen-bond donors (Lipinski definition) is 1. The highest BCUT2D eigenvalue weighted by atomic mass is 35.5. The summed E-state index contributed by atoms with van der Waals surface area (Å²) in [4.78, 5) is 14.7. The Labute approximate surface area is 88.1 Å². The van der Waals surface area contributed by atoms with Crippen LogP contribution in [-0.4, -0.2) is 38.9 Å². The molecule has 0 saturated heterocycles. The zero-order valence-corrected chi connectivity index (χ0v) is 8.00. The zero-order valence-electron chi connectivity index (χ0n) is 7.24. The second kappa shape index (κ2) is 3.92. The number of hydrogen-bond acceptors (Lipinski definition) is 4. The molecule has 0 saturated carbocycles. The number of carbonyl (C=O) groups is 1. The Morgan fingerprint density at radius 2 is 2.14 bits per heavy atom. The molecule has 4 radical (unpaired) electrons. The fraction of sp³-hybridized carbons (Fsp3) is 0.143. The minimum atomic E-state index is -0.823. The Kier molecular flexibility index (Phi) is 3.06. The Morgan fingerprint density at radius 3 is 2.64 bits per heavy atom. The highest BCUT2D eigenvalue weighted by Gasteiger charge is 2.19. The van der Waals surface area contributed by atoms with Crippen molar-refractivity contribution in [2.75, 3.05) is 7.11 Å². The lowest BCUT2D eigenvalue weighted by Crippen LogP contribution is -2.34. The summed E-state index contributed by atoms with van der Waals surface area (Å²) in [6.45, 7) is 0. The smallest absolute Gasteiger partial charge is 0.341 e. The molecule has 0 spiro atoms. The van der Waals surface area contributed by atoms with Gasteiger partial charge in [-0.2, -0.15) is 0 Å². The minimum Gasteiger partial charge on any atom is -0.504 e. The number of halogens is 1. The van der Waals surface area contributed by atoms with Crippen molar-refractivity contribution in [3.63, 3.8) is 0 Å². The van der Waals surface area contributed by atoms with Gasteiger partial charge >= 0.3 is 5.97 Å². The Balaban J connectivity index is 3.47. The second-order valence-electron chi connectivity index (χ2n) is 2.42. The molecule has 0 aliphatic heterocycles. The van der Waals surface area contributed by atoms with E-state index in [1.54, 1.807) is 0 Å². The standard InChI is InChI=1S/C7H4B2ClNO3/c1-14-7(13)2-3(8)5(9)11-6(10)4(2)12/h12H,1H3. The molecule has 4 nitrogen and oxygen atoms in total. The molecule has 0 aliphatic rings. The van der Waals surface area contributed by atoms with Gasteiger partial charge in [-0.05, 0) is 5.59 Å². The number of aromatic nitrogens is 1. The van der Waals surface area contributed by atoms with Crippen molar-refractivity contribution < 1.29 is 14.6 Å². The first-order valence-electron chi connectivity index (χ1n) is 3.50. The molecule has 0 fully saturated rings. The summed E-state index contributed by atoms with van der Waals surface area (Å²) in [6.07, 6.45) is 0. The topological polar surface area (TPSA) is 59.4 Å². The fourth-order valence-electron chi connectivity index (χ4n) is 0.886. The third kappa shape index (κ3) is 1.70. The van der Waals surface area contributed by atoms with Crippen molar-refractivity contribution in [1.29, 1.82) is 0 Å². The molecule has 0 bridgehead atoms. The van der Waals surface area contributed by atoms with Gasteiger partial charge in [-0.1, -0.05) is 17.1 Å². The van der Waals surface area contributed by atoms with Crippen LogP contribution in [0.5, 0.6) is 5.75 Å². The number of methoxy groups -OCH3 is 1. The molecular weight excluding hydrogens is 203 g/mol. The van der Waals surface area contributed by atoms with E-state index >= 15 is 0 Å². The van der Waals surface area contributed by atoms with Gasteiger partial charge in [0.15, 0.2) is 10.9 Å². The normalized spacial score (nSPS) is 9.86. The minimum absolute atomic E-state index is 0.131. The molecule has 0 aliphatic carbocycles. The first-order chi connectivity index (χ1) is 6.49. The molecule has 1 N–H and O–H groups in total. The van der Waals surface area contributed by atoms with Crippen LogP contribution in [0.2, 0.25) is 5.15 Å². The maximum atomic E-state index is 11.2. The van der Waals surface area contributed by atoms with E-state index in [0.717, 1.165) is 7.11 Å². The molecule has 1 aromatic heterocycles. The van der Waals surface area contributed by atoms with Crippen molar-refractivity contribution in [3.05, 3.63) is 10.7 Å². The first-order valence-corrected chi connectivity index (χ1v) is 3.88. The van der Waals surface area contributed by atoms with Crippen LogP contribution in [0.1, 0.15) is 10.4 Å². The maximum absolute atomic E-state index is 11.2. The molecule has 68 valence electrons. The maximum Gasteiger partial charge on any atom is 0.341 e. The van der Waals surface area contributed by atoms with E-state index in [2.05, 4.69) is 9.72 Å². The first kappa shape index (κ1) is 10.9. The summed E-state index contributed by atoms with van der Waals surface area (Å²) in [7, 11) is 11.9. The Morgan fingerprint density at radius 1 is 1.57 bits per heavy atom. The number of carbonyl (C=O) groups excluding carboxylic acids is 1. The SMILES string of the molecule is [B]c1nc(Cl)c(O)c(C(=O)OC)c1[B]. The van der Waals surface area contributed by atoms with Crippen LogP contribution in [0.25, 0.3) is 0 Å². The summed E-state index contributed by atoms with van der Waals surface area (Å²) in [6, 6.07) is 0. The molecule has 1 rings (SSSR count). The predicted molar refractivity (Wildman–Crippen MR) is 53.0 cm³/mol. The average Bonchev–Trinajstić information content (AvgIpc) is 2.15. The van der Waals surface area contributed by atoms with Crippen LogP contribution >= 0.6 is 11.6 Å². The van der Waals surface area contributed by atoms with E-state index in [1.807, 2.05) is 0 Å². The quantitative estimate of drug-likeness (QED) is 0.357. The molecule has 0 aromatic carbocycles. The largest absolute Gasteiger partial charge is 0.504 e. The number of nitrogens with zero attached hydrogens (tertiary/aromatic N) is 1. The lowest BCUT2D eigenvalue weighted by molar-refractivity contribution is 0.0599. The van der Waals surface area contributed by atoms with Crippen LogP contribution in [-0.2, 0) is 4.74 Å². The van der Waals surface area contributed by atoms with Gasteiger partial charge in [0, 0.05) is 0 Å². The lowest BCUT2D eigenvalue weighted by atomic mass is 9.81. The van der Waals surface area contributed by atoms with Gasteiger partial charge in [0.1, 0.15) is 15.7 Å². The van der Waals surface area contributed by atoms with Gasteiger partial charge < -0.3 is 9.84 Å². The van der Waals surface area contributed by atoms with Gasteiger partial charge in [-0.3, -0.25) is 0 Å². The number of rotatable bonds is 1. The van der Waals surface area contributed by atoms with E-state index < -0.39 is 11.7 Å². The molecule has 0 unspecified atom stereocenters. The molecule has 1 aromatic rings. The van der Waals surface area contributed by atoms with Gasteiger partial charge in [0.05, 0.1) is 12.7 Å². The summed E-state index contributed by atoms with van der Waals surface area (Å²) in [5, 5.41) is 9.08. The number of pyridine rings is 1. The molecule has 14 heavy (non-hydrogen) atoms. The van der Waals surface area contributed by atoms with E-state index in [9.17, 15) is 9.90 Å². The van der Waals surface area contributed by atoms with Gasteiger partial charge in [0.2, 0.25) is 0 Å². The molecule has 7 heteroatoms. The van der Waals surface area contributed by atoms with Gasteiger partial charge in [-0.15, -0.1) is 0 Å². The lowest BCUT2D eigenvalue weighted by Gasteiger charge is -2.10. The number of esters is 1. The molecular formula is C7H4B2ClNO3. The van der Waals surface area contributed by atoms with Crippen LogP contribution in [0.4, 0.5) is 0 Å². The molecule has 0 atom stereocenters. The van der Waals surface area contributed by atoms with Gasteiger partial charge in [-0.25, -0.2) is 9.78 Å². The van der Waals surface area contributed by atoms with E-state index in [1.165, 1.54) is 0 Å². The second-order valence-corrected chi connectivity index (χ2v) is 2.77. The monoisotopic (exact) mass is 207 g/mol. The van der Waals surface area contributed by atoms with E-state index in [4.69, 9.17) is 27.3 Å². The van der Waals surface area contributed by atoms with Gasteiger partial charge in [0.25, 0.3) is 0 Å². The summed E-state index contributed by atoms with van der Waals surface area (Å²) < 4.78 is 4.39. The van der Waals surface area contributed by atoms with Crippen LogP contribution in [0, 0.1) is 0 Å². The Hall–Kier alpha value is -1.16. The fourth-order valence-corrected chi connectivity index (χ4v) is 1.07. The van der Waals surface area contributed by atoms with Crippen LogP contribution < -0.4 is 11.1 Å². The highest BCUT2D eigenvalue weighted by Crippen LogP contribution is 2.22. The number of ether oxygens (including phenoxy) is 1. The van der Waals surface area contributed by atoms with Crippen molar-refractivity contribution >= 4 is 44.3 Å². The molecule has 0 amide bonds. The average molecular weight is 207 g/mol. The zero-order chi connectivity index (χ0) is 10.9. The summed E-state index contributed by atoms with van der Waals surface area (Å²) in [5.74, 6) is -1.36. The predicted octanol–water partition coefficient (Wildman–Crippen LogP) is -1.19. The van der Waals surface area contributed by atoms with Crippen molar-refractivity contribution in [2.45, 2.75) is 0 Å². The van der Waals surface area contributed by atoms with Crippen LogP contribution in [0.3, 0.4) is 0 Å². The number of aromatic hydroxyl groups is 1. The van der Waals surface area contributed by atoms with E-state index in [-0.39, 0.29) is 21.8 Å². The molecule has 1 heterocycles.